The van der Waals surface area contributed by atoms with Gasteiger partial charge in [-0.25, -0.2) is 0 Å². The van der Waals surface area contributed by atoms with Gasteiger partial charge in [-0.1, -0.05) is 11.6 Å². The molecular formula is C12H15ClN2O2. The lowest BCUT2D eigenvalue weighted by atomic mass is 10.1. The highest BCUT2D eigenvalue weighted by Crippen LogP contribution is 2.22. The van der Waals surface area contributed by atoms with Crippen molar-refractivity contribution in [2.45, 2.75) is 0 Å². The van der Waals surface area contributed by atoms with Crippen LogP contribution >= 0.6 is 11.6 Å². The van der Waals surface area contributed by atoms with Crippen LogP contribution in [0.1, 0.15) is 10.4 Å². The lowest BCUT2D eigenvalue weighted by molar-refractivity contribution is 0.0921. The first-order valence-electron chi connectivity index (χ1n) is 5.61. The Kier molecular flexibility index (Phi) is 3.99. The Morgan fingerprint density at radius 3 is 2.76 bits per heavy atom. The second kappa shape index (κ2) is 5.49. The standard InChI is InChI=1S/C12H15ClN2O2/c13-11-7-9(16)1-2-10(11)12(17)8-15-5-3-14-4-6-15/h1-2,7,14,16H,3-6,8H2. The summed E-state index contributed by atoms with van der Waals surface area (Å²) in [6, 6.07) is 4.45. The molecule has 0 aliphatic carbocycles. The van der Waals surface area contributed by atoms with Crippen LogP contribution in [0.5, 0.6) is 5.75 Å². The number of halogens is 1. The predicted molar refractivity (Wildman–Crippen MR) is 66.8 cm³/mol. The number of rotatable bonds is 3. The number of phenols is 1. The molecule has 0 radical (unpaired) electrons. The fraction of sp³-hybridized carbons (Fsp3) is 0.417. The number of hydrogen-bond donors (Lipinski definition) is 2. The third kappa shape index (κ3) is 3.19. The molecule has 0 spiro atoms. The van der Waals surface area contributed by atoms with E-state index in [2.05, 4.69) is 10.2 Å². The minimum Gasteiger partial charge on any atom is -0.508 e. The molecule has 17 heavy (non-hydrogen) atoms. The first kappa shape index (κ1) is 12.4. The van der Waals surface area contributed by atoms with E-state index >= 15 is 0 Å². The smallest absolute Gasteiger partial charge is 0.178 e. The molecule has 1 heterocycles. The normalized spacial score (nSPS) is 17.0. The van der Waals surface area contributed by atoms with E-state index in [1.165, 1.54) is 12.1 Å². The monoisotopic (exact) mass is 254 g/mol. The van der Waals surface area contributed by atoms with Crippen molar-refractivity contribution in [3.05, 3.63) is 28.8 Å². The Bertz CT molecular complexity index is 417. The third-order valence-electron chi connectivity index (χ3n) is 2.83. The molecule has 0 bridgehead atoms. The number of aromatic hydroxyl groups is 1. The maximum Gasteiger partial charge on any atom is 0.178 e. The lowest BCUT2D eigenvalue weighted by Crippen LogP contribution is -2.45. The Labute approximate surface area is 105 Å². The molecule has 1 aromatic carbocycles. The summed E-state index contributed by atoms with van der Waals surface area (Å²) in [5, 5.41) is 12.8. The Morgan fingerprint density at radius 1 is 1.41 bits per heavy atom. The van der Waals surface area contributed by atoms with Crippen molar-refractivity contribution in [1.82, 2.24) is 10.2 Å². The summed E-state index contributed by atoms with van der Waals surface area (Å²) in [5.74, 6) is 0.0747. The molecular weight excluding hydrogens is 240 g/mol. The molecule has 92 valence electrons. The zero-order chi connectivity index (χ0) is 12.3. The van der Waals surface area contributed by atoms with Crippen molar-refractivity contribution in [2.75, 3.05) is 32.7 Å². The molecule has 0 unspecified atom stereocenters. The molecule has 4 nitrogen and oxygen atoms in total. The number of carbonyl (C=O) groups is 1. The number of Topliss-reactive ketones (excluding diaryl/α,β-unsaturated/α-hetero) is 1. The van der Waals surface area contributed by atoms with Crippen molar-refractivity contribution in [2.24, 2.45) is 0 Å². The number of nitrogens with zero attached hydrogens (tertiary/aromatic N) is 1. The van der Waals surface area contributed by atoms with Crippen LogP contribution in [0.15, 0.2) is 18.2 Å². The van der Waals surface area contributed by atoms with E-state index in [9.17, 15) is 9.90 Å². The van der Waals surface area contributed by atoms with Gasteiger partial charge >= 0.3 is 0 Å². The minimum atomic E-state index is -0.00287. The number of ketones is 1. The molecule has 0 atom stereocenters. The van der Waals surface area contributed by atoms with Gasteiger partial charge in [-0.05, 0) is 18.2 Å². The molecule has 2 N–H and O–H groups in total. The molecule has 5 heteroatoms. The van der Waals surface area contributed by atoms with Gasteiger partial charge in [-0.2, -0.15) is 0 Å². The van der Waals surface area contributed by atoms with Crippen molar-refractivity contribution < 1.29 is 9.90 Å². The number of piperazine rings is 1. The van der Waals surface area contributed by atoms with Crippen molar-refractivity contribution in [1.29, 1.82) is 0 Å². The predicted octanol–water partition coefficient (Wildman–Crippen LogP) is 1.13. The zero-order valence-corrected chi connectivity index (χ0v) is 10.2. The van der Waals surface area contributed by atoms with E-state index in [4.69, 9.17) is 11.6 Å². The van der Waals surface area contributed by atoms with Crippen LogP contribution in [0.2, 0.25) is 5.02 Å². The average Bonchev–Trinajstić information content (AvgIpc) is 2.30. The largest absolute Gasteiger partial charge is 0.508 e. The second-order valence-electron chi connectivity index (χ2n) is 4.11. The number of phenolic OH excluding ortho intramolecular Hbond substituents is 1. The van der Waals surface area contributed by atoms with Crippen molar-refractivity contribution in [3.63, 3.8) is 0 Å². The molecule has 1 aromatic rings. The molecule has 1 saturated heterocycles. The first-order valence-corrected chi connectivity index (χ1v) is 5.99. The third-order valence-corrected chi connectivity index (χ3v) is 3.14. The maximum absolute atomic E-state index is 12.0. The summed E-state index contributed by atoms with van der Waals surface area (Å²) in [5.41, 5.74) is 0.475. The minimum absolute atomic E-state index is 0.00287. The Balaban J connectivity index is 2.03. The highest BCUT2D eigenvalue weighted by Gasteiger charge is 2.16. The van der Waals surface area contributed by atoms with Gasteiger partial charge in [0.05, 0.1) is 11.6 Å². The molecule has 0 saturated carbocycles. The summed E-state index contributed by atoms with van der Waals surface area (Å²) < 4.78 is 0. The van der Waals surface area contributed by atoms with E-state index in [0.717, 1.165) is 26.2 Å². The molecule has 0 aromatic heterocycles. The van der Waals surface area contributed by atoms with Crippen LogP contribution in [-0.4, -0.2) is 48.5 Å². The van der Waals surface area contributed by atoms with E-state index in [-0.39, 0.29) is 11.5 Å². The van der Waals surface area contributed by atoms with Crippen molar-refractivity contribution in [3.8, 4) is 5.75 Å². The summed E-state index contributed by atoms with van der Waals surface area (Å²) in [4.78, 5) is 14.1. The van der Waals surface area contributed by atoms with Gasteiger partial charge in [-0.3, -0.25) is 9.69 Å². The summed E-state index contributed by atoms with van der Waals surface area (Å²) in [6.07, 6.45) is 0. The highest BCUT2D eigenvalue weighted by molar-refractivity contribution is 6.34. The Hall–Kier alpha value is -1.10. The number of nitrogens with one attached hydrogen (secondary N) is 1. The number of hydrogen-bond acceptors (Lipinski definition) is 4. The summed E-state index contributed by atoms with van der Waals surface area (Å²) in [7, 11) is 0. The molecule has 1 aliphatic heterocycles. The maximum atomic E-state index is 12.0. The molecule has 0 amide bonds. The Morgan fingerprint density at radius 2 is 2.12 bits per heavy atom. The summed E-state index contributed by atoms with van der Waals surface area (Å²) >= 11 is 5.93. The van der Waals surface area contributed by atoms with Gasteiger partial charge in [-0.15, -0.1) is 0 Å². The van der Waals surface area contributed by atoms with Crippen LogP contribution in [0, 0.1) is 0 Å². The van der Waals surface area contributed by atoms with Gasteiger partial charge in [0, 0.05) is 31.7 Å². The number of benzene rings is 1. The zero-order valence-electron chi connectivity index (χ0n) is 9.45. The fourth-order valence-electron chi connectivity index (χ4n) is 1.89. The van der Waals surface area contributed by atoms with Crippen LogP contribution in [0.4, 0.5) is 0 Å². The topological polar surface area (TPSA) is 52.6 Å². The van der Waals surface area contributed by atoms with Gasteiger partial charge in [0.2, 0.25) is 0 Å². The molecule has 1 fully saturated rings. The van der Waals surface area contributed by atoms with Gasteiger partial charge in [0.15, 0.2) is 5.78 Å². The lowest BCUT2D eigenvalue weighted by Gasteiger charge is -2.26. The fourth-order valence-corrected chi connectivity index (χ4v) is 2.17. The molecule has 2 rings (SSSR count). The van der Waals surface area contributed by atoms with E-state index in [1.54, 1.807) is 6.07 Å². The van der Waals surface area contributed by atoms with Gasteiger partial charge in [0.25, 0.3) is 0 Å². The quantitative estimate of drug-likeness (QED) is 0.795. The van der Waals surface area contributed by atoms with Crippen LogP contribution in [0.25, 0.3) is 0 Å². The average molecular weight is 255 g/mol. The highest BCUT2D eigenvalue weighted by atomic mass is 35.5. The van der Waals surface area contributed by atoms with Crippen LogP contribution in [0.3, 0.4) is 0 Å². The van der Waals surface area contributed by atoms with Gasteiger partial charge < -0.3 is 10.4 Å². The summed E-state index contributed by atoms with van der Waals surface area (Å²) in [6.45, 7) is 3.96. The SMILES string of the molecule is O=C(CN1CCNCC1)c1ccc(O)cc1Cl. The van der Waals surface area contributed by atoms with Crippen LogP contribution in [-0.2, 0) is 0 Å². The van der Waals surface area contributed by atoms with E-state index in [0.29, 0.717) is 17.1 Å². The van der Waals surface area contributed by atoms with Crippen molar-refractivity contribution >= 4 is 17.4 Å². The van der Waals surface area contributed by atoms with Crippen LogP contribution < -0.4 is 5.32 Å². The number of carbonyl (C=O) groups excluding carboxylic acids is 1. The first-order chi connectivity index (χ1) is 8.16. The van der Waals surface area contributed by atoms with E-state index in [1.807, 2.05) is 0 Å². The van der Waals surface area contributed by atoms with E-state index < -0.39 is 0 Å². The second-order valence-corrected chi connectivity index (χ2v) is 4.52. The van der Waals surface area contributed by atoms with Gasteiger partial charge in [0.1, 0.15) is 5.75 Å². The molecule has 1 aliphatic rings.